The van der Waals surface area contributed by atoms with E-state index < -0.39 is 0 Å². The summed E-state index contributed by atoms with van der Waals surface area (Å²) in [4.78, 5) is 14.5. The summed E-state index contributed by atoms with van der Waals surface area (Å²) in [6.07, 6.45) is 5.10. The lowest BCUT2D eigenvalue weighted by atomic mass is 10.2. The highest BCUT2D eigenvalue weighted by Gasteiger charge is 2.32. The van der Waals surface area contributed by atoms with Crippen LogP contribution in [0.1, 0.15) is 24.3 Å². The highest BCUT2D eigenvalue weighted by atomic mass is 35.5. The third-order valence-corrected chi connectivity index (χ3v) is 5.32. The Morgan fingerprint density at radius 3 is 2.48 bits per heavy atom. The number of aromatic nitrogens is 2. The number of hydrogen-bond donors (Lipinski definition) is 0. The first-order chi connectivity index (χ1) is 14.0. The third-order valence-electron chi connectivity index (χ3n) is 4.50. The minimum absolute atomic E-state index is 0.134. The van der Waals surface area contributed by atoms with Crippen LogP contribution >= 0.6 is 34.8 Å². The van der Waals surface area contributed by atoms with Crippen molar-refractivity contribution in [3.63, 3.8) is 0 Å². The van der Waals surface area contributed by atoms with Gasteiger partial charge < -0.3 is 9.32 Å². The van der Waals surface area contributed by atoms with Gasteiger partial charge in [-0.05, 0) is 60.9 Å². The maximum Gasteiger partial charge on any atom is 0.247 e. The van der Waals surface area contributed by atoms with Crippen LogP contribution in [0.25, 0.3) is 17.5 Å². The van der Waals surface area contributed by atoms with Crippen molar-refractivity contribution in [1.82, 2.24) is 15.1 Å². The second kappa shape index (κ2) is 8.57. The van der Waals surface area contributed by atoms with Crippen LogP contribution in [0.3, 0.4) is 0 Å². The zero-order valence-corrected chi connectivity index (χ0v) is 17.5. The lowest BCUT2D eigenvalue weighted by molar-refractivity contribution is -0.127. The number of amides is 1. The fraction of sp³-hybridized carbons (Fsp3) is 0.190. The van der Waals surface area contributed by atoms with Gasteiger partial charge in [0, 0.05) is 32.7 Å². The number of halogens is 3. The second-order valence-corrected chi connectivity index (χ2v) is 7.98. The molecule has 1 heterocycles. The Morgan fingerprint density at radius 1 is 1.07 bits per heavy atom. The van der Waals surface area contributed by atoms with Crippen LogP contribution in [0.2, 0.25) is 15.1 Å². The summed E-state index contributed by atoms with van der Waals surface area (Å²) in [5, 5.41) is 9.83. The van der Waals surface area contributed by atoms with Crippen molar-refractivity contribution in [3.8, 4) is 11.5 Å². The molecule has 0 unspecified atom stereocenters. The molecule has 29 heavy (non-hydrogen) atoms. The Hall–Kier alpha value is -2.34. The van der Waals surface area contributed by atoms with E-state index in [1.165, 1.54) is 6.08 Å². The molecule has 8 heteroatoms. The molecule has 0 atom stereocenters. The summed E-state index contributed by atoms with van der Waals surface area (Å²) < 4.78 is 5.74. The molecular weight excluding hydrogens is 433 g/mol. The average Bonchev–Trinajstić information content (AvgIpc) is 3.43. The maximum absolute atomic E-state index is 12.8. The SMILES string of the molecule is O=C(/C=C/c1ccc(Cl)cc1Cl)N(Cc1nnc(-c2ccc(Cl)cc2)o1)C1CC1. The molecule has 4 rings (SSSR count). The van der Waals surface area contributed by atoms with E-state index >= 15 is 0 Å². The molecule has 5 nitrogen and oxygen atoms in total. The minimum atomic E-state index is -0.134. The van der Waals surface area contributed by atoms with Gasteiger partial charge in [-0.25, -0.2) is 0 Å². The van der Waals surface area contributed by atoms with Crippen LogP contribution in [-0.2, 0) is 11.3 Å². The number of nitrogens with zero attached hydrogens (tertiary/aromatic N) is 3. The molecule has 0 saturated heterocycles. The van der Waals surface area contributed by atoms with Crippen LogP contribution in [0.5, 0.6) is 0 Å². The molecule has 0 spiro atoms. The number of carbonyl (C=O) groups excluding carboxylic acids is 1. The Balaban J connectivity index is 1.47. The van der Waals surface area contributed by atoms with E-state index in [-0.39, 0.29) is 18.5 Å². The van der Waals surface area contributed by atoms with Crippen LogP contribution in [0.15, 0.2) is 53.0 Å². The quantitative estimate of drug-likeness (QED) is 0.440. The largest absolute Gasteiger partial charge is 0.419 e. The summed E-state index contributed by atoms with van der Waals surface area (Å²) in [5.74, 6) is 0.640. The van der Waals surface area contributed by atoms with Gasteiger partial charge in [0.25, 0.3) is 0 Å². The number of benzene rings is 2. The highest BCUT2D eigenvalue weighted by Crippen LogP contribution is 2.30. The van der Waals surface area contributed by atoms with Gasteiger partial charge in [-0.3, -0.25) is 4.79 Å². The van der Waals surface area contributed by atoms with E-state index in [2.05, 4.69) is 10.2 Å². The third kappa shape index (κ3) is 4.99. The first-order valence-corrected chi connectivity index (χ1v) is 10.1. The van der Waals surface area contributed by atoms with Crippen LogP contribution in [0.4, 0.5) is 0 Å². The molecule has 1 saturated carbocycles. The summed E-state index contributed by atoms with van der Waals surface area (Å²) in [6.45, 7) is 0.253. The molecule has 1 aliphatic rings. The molecule has 148 valence electrons. The number of rotatable bonds is 6. The summed E-state index contributed by atoms with van der Waals surface area (Å²) >= 11 is 18.0. The van der Waals surface area contributed by atoms with E-state index in [0.29, 0.717) is 26.8 Å². The van der Waals surface area contributed by atoms with E-state index in [0.717, 1.165) is 24.0 Å². The van der Waals surface area contributed by atoms with Crippen molar-refractivity contribution in [2.45, 2.75) is 25.4 Å². The standard InChI is InChI=1S/C21H16Cl3N3O2/c22-15-5-2-14(3-6-15)21-26-25-19(29-21)12-27(17-8-9-17)20(28)10-4-13-1-7-16(23)11-18(13)24/h1-7,10-11,17H,8-9,12H2/b10-4+. The lowest BCUT2D eigenvalue weighted by Crippen LogP contribution is -2.31. The lowest BCUT2D eigenvalue weighted by Gasteiger charge is -2.18. The Bertz CT molecular complexity index is 1060. The molecule has 0 aliphatic heterocycles. The van der Waals surface area contributed by atoms with Gasteiger partial charge in [-0.2, -0.15) is 0 Å². The van der Waals surface area contributed by atoms with Gasteiger partial charge >= 0.3 is 0 Å². The number of carbonyl (C=O) groups is 1. The van der Waals surface area contributed by atoms with Gasteiger partial charge in [0.15, 0.2) is 0 Å². The molecule has 1 aliphatic carbocycles. The summed E-state index contributed by atoms with van der Waals surface area (Å²) in [6, 6.07) is 12.5. The van der Waals surface area contributed by atoms with Gasteiger partial charge in [0.1, 0.15) is 0 Å². The van der Waals surface area contributed by atoms with Crippen molar-refractivity contribution in [1.29, 1.82) is 0 Å². The molecular formula is C21H16Cl3N3O2. The number of hydrogen-bond acceptors (Lipinski definition) is 4. The van der Waals surface area contributed by atoms with Gasteiger partial charge in [0.05, 0.1) is 6.54 Å². The predicted molar refractivity (Wildman–Crippen MR) is 114 cm³/mol. The first-order valence-electron chi connectivity index (χ1n) is 9.01. The molecule has 1 aromatic heterocycles. The Kier molecular flexibility index (Phi) is 5.90. The fourth-order valence-electron chi connectivity index (χ4n) is 2.84. The van der Waals surface area contributed by atoms with Crippen molar-refractivity contribution < 1.29 is 9.21 Å². The average molecular weight is 449 g/mol. The van der Waals surface area contributed by atoms with Gasteiger partial charge in [-0.15, -0.1) is 10.2 Å². The van der Waals surface area contributed by atoms with Crippen LogP contribution in [0, 0.1) is 0 Å². The van der Waals surface area contributed by atoms with Crippen LogP contribution < -0.4 is 0 Å². The maximum atomic E-state index is 12.8. The normalized spacial score (nSPS) is 13.8. The zero-order valence-electron chi connectivity index (χ0n) is 15.2. The Morgan fingerprint density at radius 2 is 1.79 bits per heavy atom. The topological polar surface area (TPSA) is 59.2 Å². The molecule has 0 N–H and O–H groups in total. The van der Waals surface area contributed by atoms with Crippen LogP contribution in [-0.4, -0.2) is 27.0 Å². The van der Waals surface area contributed by atoms with E-state index in [1.54, 1.807) is 41.3 Å². The van der Waals surface area contributed by atoms with E-state index in [9.17, 15) is 4.79 Å². The smallest absolute Gasteiger partial charge is 0.247 e. The van der Waals surface area contributed by atoms with Crippen molar-refractivity contribution in [2.75, 3.05) is 0 Å². The van der Waals surface area contributed by atoms with E-state index in [4.69, 9.17) is 39.2 Å². The minimum Gasteiger partial charge on any atom is -0.419 e. The molecule has 0 bridgehead atoms. The van der Waals surface area contributed by atoms with Gasteiger partial charge in [0.2, 0.25) is 17.7 Å². The molecule has 1 amide bonds. The molecule has 2 aromatic carbocycles. The summed E-state index contributed by atoms with van der Waals surface area (Å²) in [5.41, 5.74) is 1.50. The molecule has 0 radical (unpaired) electrons. The van der Waals surface area contributed by atoms with E-state index in [1.807, 2.05) is 12.1 Å². The van der Waals surface area contributed by atoms with Crippen molar-refractivity contribution in [3.05, 3.63) is 75.1 Å². The zero-order chi connectivity index (χ0) is 20.4. The second-order valence-electron chi connectivity index (χ2n) is 6.70. The Labute approximate surface area is 182 Å². The highest BCUT2D eigenvalue weighted by molar-refractivity contribution is 6.35. The molecule has 1 fully saturated rings. The molecule has 3 aromatic rings. The monoisotopic (exact) mass is 447 g/mol. The van der Waals surface area contributed by atoms with Crippen molar-refractivity contribution >= 4 is 46.8 Å². The predicted octanol–water partition coefficient (Wildman–Crippen LogP) is 5.90. The first kappa shape index (κ1) is 20.0. The summed E-state index contributed by atoms with van der Waals surface area (Å²) in [7, 11) is 0. The van der Waals surface area contributed by atoms with Gasteiger partial charge in [-0.1, -0.05) is 40.9 Å². The fourth-order valence-corrected chi connectivity index (χ4v) is 3.44. The van der Waals surface area contributed by atoms with Crippen molar-refractivity contribution in [2.24, 2.45) is 0 Å².